The molecule has 0 radical (unpaired) electrons. The zero-order valence-corrected chi connectivity index (χ0v) is 15.2. The summed E-state index contributed by atoms with van der Waals surface area (Å²) in [5, 5.41) is 10.2. The highest BCUT2D eigenvalue weighted by molar-refractivity contribution is 7.89. The van der Waals surface area contributed by atoms with Crippen LogP contribution < -0.4 is 0 Å². The standard InChI is InChI=1S/C18H22ClNO3S/c1-15(21)14-20(13-5-8-16-6-3-2-4-7-16)24(22,23)18-11-9-17(19)10-12-18/h2-4,6-7,9-12,15,21H,5,8,13-14H2,1H3. The molecule has 0 aliphatic rings. The summed E-state index contributed by atoms with van der Waals surface area (Å²) in [5.74, 6) is 0. The van der Waals surface area contributed by atoms with Crippen LogP contribution in [-0.4, -0.2) is 37.0 Å². The van der Waals surface area contributed by atoms with Crippen molar-refractivity contribution in [2.75, 3.05) is 13.1 Å². The summed E-state index contributed by atoms with van der Waals surface area (Å²) in [6.07, 6.45) is 0.736. The minimum Gasteiger partial charge on any atom is -0.392 e. The monoisotopic (exact) mass is 367 g/mol. The Kier molecular flexibility index (Phi) is 6.80. The highest BCUT2D eigenvalue weighted by atomic mass is 35.5. The Balaban J connectivity index is 2.10. The number of rotatable bonds is 8. The minimum atomic E-state index is -3.65. The summed E-state index contributed by atoms with van der Waals surface area (Å²) >= 11 is 5.83. The zero-order valence-electron chi connectivity index (χ0n) is 13.6. The van der Waals surface area contributed by atoms with E-state index in [9.17, 15) is 13.5 Å². The summed E-state index contributed by atoms with van der Waals surface area (Å²) in [7, 11) is -3.65. The van der Waals surface area contributed by atoms with Crippen molar-refractivity contribution in [2.24, 2.45) is 0 Å². The Labute approximate surface area is 148 Å². The van der Waals surface area contributed by atoms with Gasteiger partial charge >= 0.3 is 0 Å². The van der Waals surface area contributed by atoms with E-state index in [1.807, 2.05) is 30.3 Å². The van der Waals surface area contributed by atoms with Gasteiger partial charge in [-0.25, -0.2) is 8.42 Å². The molecule has 6 heteroatoms. The summed E-state index contributed by atoms with van der Waals surface area (Å²) in [6, 6.07) is 16.0. The molecule has 0 heterocycles. The molecule has 0 aliphatic heterocycles. The quantitative estimate of drug-likeness (QED) is 0.778. The SMILES string of the molecule is CC(O)CN(CCCc1ccccc1)S(=O)(=O)c1ccc(Cl)cc1. The van der Waals surface area contributed by atoms with Crippen LogP contribution in [0.5, 0.6) is 0 Å². The largest absolute Gasteiger partial charge is 0.392 e. The average molecular weight is 368 g/mol. The Morgan fingerprint density at radius 1 is 1.08 bits per heavy atom. The molecular formula is C18H22ClNO3S. The van der Waals surface area contributed by atoms with Gasteiger partial charge < -0.3 is 5.11 Å². The summed E-state index contributed by atoms with van der Waals surface area (Å²) in [6.45, 7) is 2.01. The Hall–Kier alpha value is -1.40. The lowest BCUT2D eigenvalue weighted by molar-refractivity contribution is 0.162. The lowest BCUT2D eigenvalue weighted by Crippen LogP contribution is -2.37. The van der Waals surface area contributed by atoms with Crippen LogP contribution in [0, 0.1) is 0 Å². The molecule has 2 aromatic rings. The molecule has 0 spiro atoms. The van der Waals surface area contributed by atoms with Crippen LogP contribution in [0.15, 0.2) is 59.5 Å². The number of halogens is 1. The smallest absolute Gasteiger partial charge is 0.243 e. The molecule has 0 saturated heterocycles. The van der Waals surface area contributed by atoms with Crippen LogP contribution in [0.3, 0.4) is 0 Å². The van der Waals surface area contributed by atoms with Gasteiger partial charge in [0.05, 0.1) is 11.0 Å². The van der Waals surface area contributed by atoms with Crippen molar-refractivity contribution < 1.29 is 13.5 Å². The molecule has 24 heavy (non-hydrogen) atoms. The molecular weight excluding hydrogens is 346 g/mol. The van der Waals surface area contributed by atoms with E-state index in [2.05, 4.69) is 0 Å². The fourth-order valence-electron chi connectivity index (χ4n) is 2.46. The van der Waals surface area contributed by atoms with Crippen LogP contribution in [-0.2, 0) is 16.4 Å². The van der Waals surface area contributed by atoms with Gasteiger partial charge in [0.15, 0.2) is 0 Å². The predicted octanol–water partition coefficient (Wildman–Crippen LogP) is 3.34. The van der Waals surface area contributed by atoms with Gasteiger partial charge in [-0.3, -0.25) is 0 Å². The van der Waals surface area contributed by atoms with E-state index in [1.165, 1.54) is 22.0 Å². The van der Waals surface area contributed by atoms with E-state index in [-0.39, 0.29) is 11.4 Å². The second-order valence-electron chi connectivity index (χ2n) is 5.76. The van der Waals surface area contributed by atoms with Crippen molar-refractivity contribution in [3.63, 3.8) is 0 Å². The maximum atomic E-state index is 12.8. The number of nitrogens with zero attached hydrogens (tertiary/aromatic N) is 1. The van der Waals surface area contributed by atoms with E-state index in [0.29, 0.717) is 18.0 Å². The fourth-order valence-corrected chi connectivity index (χ4v) is 4.15. The lowest BCUT2D eigenvalue weighted by Gasteiger charge is -2.23. The first-order valence-electron chi connectivity index (χ1n) is 7.87. The lowest BCUT2D eigenvalue weighted by atomic mass is 10.1. The summed E-state index contributed by atoms with van der Waals surface area (Å²) in [4.78, 5) is 0.187. The number of aliphatic hydroxyl groups is 1. The van der Waals surface area contributed by atoms with E-state index in [1.54, 1.807) is 19.1 Å². The Bertz CT molecular complexity index is 731. The normalized spacial score (nSPS) is 13.2. The molecule has 0 amide bonds. The number of benzene rings is 2. The molecule has 0 aliphatic carbocycles. The first kappa shape index (κ1) is 18.9. The fraction of sp³-hybridized carbons (Fsp3) is 0.333. The molecule has 0 fully saturated rings. The van der Waals surface area contributed by atoms with Crippen molar-refractivity contribution in [3.8, 4) is 0 Å². The molecule has 1 atom stereocenters. The van der Waals surface area contributed by atoms with Crippen LogP contribution in [0.25, 0.3) is 0 Å². The minimum absolute atomic E-state index is 0.0692. The number of hydrogen-bond acceptors (Lipinski definition) is 3. The second-order valence-corrected chi connectivity index (χ2v) is 8.13. The van der Waals surface area contributed by atoms with Crippen molar-refractivity contribution in [1.29, 1.82) is 0 Å². The third kappa shape index (κ3) is 5.31. The van der Waals surface area contributed by atoms with Crippen molar-refractivity contribution in [1.82, 2.24) is 4.31 Å². The highest BCUT2D eigenvalue weighted by Crippen LogP contribution is 2.19. The van der Waals surface area contributed by atoms with Crippen LogP contribution in [0.4, 0.5) is 0 Å². The Morgan fingerprint density at radius 3 is 2.29 bits per heavy atom. The summed E-state index contributed by atoms with van der Waals surface area (Å²) < 4.78 is 26.9. The molecule has 0 bridgehead atoms. The van der Waals surface area contributed by atoms with Crippen LogP contribution in [0.1, 0.15) is 18.9 Å². The summed E-state index contributed by atoms with van der Waals surface area (Å²) in [5.41, 5.74) is 1.17. The predicted molar refractivity (Wildman–Crippen MR) is 96.7 cm³/mol. The third-order valence-corrected chi connectivity index (χ3v) is 5.77. The van der Waals surface area contributed by atoms with Gasteiger partial charge in [0, 0.05) is 18.1 Å². The van der Waals surface area contributed by atoms with Gasteiger partial charge in [0.1, 0.15) is 0 Å². The number of aliphatic hydroxyl groups excluding tert-OH is 1. The molecule has 4 nitrogen and oxygen atoms in total. The van der Waals surface area contributed by atoms with E-state index >= 15 is 0 Å². The molecule has 2 aromatic carbocycles. The molecule has 1 N–H and O–H groups in total. The maximum Gasteiger partial charge on any atom is 0.243 e. The molecule has 0 saturated carbocycles. The van der Waals surface area contributed by atoms with Crippen molar-refractivity contribution in [3.05, 3.63) is 65.2 Å². The van der Waals surface area contributed by atoms with Crippen molar-refractivity contribution in [2.45, 2.75) is 30.8 Å². The van der Waals surface area contributed by atoms with Gasteiger partial charge in [-0.1, -0.05) is 41.9 Å². The number of hydrogen-bond donors (Lipinski definition) is 1. The average Bonchev–Trinajstić information content (AvgIpc) is 2.55. The van der Waals surface area contributed by atoms with E-state index < -0.39 is 16.1 Å². The van der Waals surface area contributed by atoms with Crippen LogP contribution >= 0.6 is 11.6 Å². The first-order chi connectivity index (χ1) is 11.4. The van der Waals surface area contributed by atoms with Gasteiger partial charge in [0.2, 0.25) is 10.0 Å². The van der Waals surface area contributed by atoms with E-state index in [4.69, 9.17) is 11.6 Å². The van der Waals surface area contributed by atoms with Crippen LogP contribution in [0.2, 0.25) is 5.02 Å². The third-order valence-electron chi connectivity index (χ3n) is 3.64. The second kappa shape index (κ2) is 8.62. The molecule has 2 rings (SSSR count). The van der Waals surface area contributed by atoms with E-state index in [0.717, 1.165) is 6.42 Å². The zero-order chi connectivity index (χ0) is 17.6. The first-order valence-corrected chi connectivity index (χ1v) is 9.69. The van der Waals surface area contributed by atoms with Gasteiger partial charge in [0.25, 0.3) is 0 Å². The van der Waals surface area contributed by atoms with Gasteiger partial charge in [-0.15, -0.1) is 0 Å². The van der Waals surface area contributed by atoms with Crippen molar-refractivity contribution >= 4 is 21.6 Å². The molecule has 0 aromatic heterocycles. The number of sulfonamides is 1. The molecule has 1 unspecified atom stereocenters. The Morgan fingerprint density at radius 2 is 1.71 bits per heavy atom. The topological polar surface area (TPSA) is 57.6 Å². The maximum absolute atomic E-state index is 12.8. The van der Waals surface area contributed by atoms with Gasteiger partial charge in [-0.05, 0) is 49.6 Å². The highest BCUT2D eigenvalue weighted by Gasteiger charge is 2.25. The van der Waals surface area contributed by atoms with Gasteiger partial charge in [-0.2, -0.15) is 4.31 Å². The number of aryl methyl sites for hydroxylation is 1. The molecule has 130 valence electrons.